The molecule has 0 spiro atoms. The highest BCUT2D eigenvalue weighted by atomic mass is 79.9. The summed E-state index contributed by atoms with van der Waals surface area (Å²) in [6, 6.07) is 7.63. The molecular formula is C17H11BrCl2FN3O2. The fraction of sp³-hybridized carbons (Fsp3) is 0.0588. The van der Waals surface area contributed by atoms with Crippen molar-refractivity contribution in [2.45, 2.75) is 6.61 Å². The van der Waals surface area contributed by atoms with Gasteiger partial charge in [0, 0.05) is 11.6 Å². The lowest BCUT2D eigenvalue weighted by Gasteiger charge is -2.12. The molecule has 0 aliphatic rings. The average Bonchev–Trinajstić information content (AvgIpc) is 2.99. The smallest absolute Gasteiger partial charge is 0.313 e. The molecule has 0 saturated heterocycles. The minimum Gasteiger partial charge on any atom is -0.486 e. The molecule has 0 amide bonds. The average molecular weight is 459 g/mol. The van der Waals surface area contributed by atoms with Crippen LogP contribution in [0.5, 0.6) is 5.75 Å². The Hall–Kier alpha value is -2.09. The van der Waals surface area contributed by atoms with Gasteiger partial charge in [-0.15, -0.1) is 5.10 Å². The van der Waals surface area contributed by atoms with Crippen molar-refractivity contribution < 1.29 is 13.5 Å². The molecule has 1 heterocycles. The lowest BCUT2D eigenvalue weighted by molar-refractivity contribution is 0.304. The molecule has 0 atom stereocenters. The standard InChI is InChI=1S/C17H11BrCl2FN3O2/c18-12-5-9(1-4-15-23-24-17(22)26-15)6-14(20)16(12)25-8-10-2-3-11(21)7-13(10)19/h1-7H,8H2,(H2,22,24)/b4-1+. The maximum atomic E-state index is 13.1. The molecule has 3 aromatic rings. The third-order valence-electron chi connectivity index (χ3n) is 3.28. The highest BCUT2D eigenvalue weighted by Crippen LogP contribution is 2.36. The lowest BCUT2D eigenvalue weighted by Crippen LogP contribution is -1.98. The lowest BCUT2D eigenvalue weighted by atomic mass is 10.2. The number of nitrogens with zero attached hydrogens (tertiary/aromatic N) is 2. The van der Waals surface area contributed by atoms with Crippen LogP contribution in [0.2, 0.25) is 10.0 Å². The van der Waals surface area contributed by atoms with Crippen molar-refractivity contribution in [1.29, 1.82) is 0 Å². The summed E-state index contributed by atoms with van der Waals surface area (Å²) in [5, 5.41) is 7.98. The van der Waals surface area contributed by atoms with Crippen LogP contribution in [-0.4, -0.2) is 10.2 Å². The molecule has 2 N–H and O–H groups in total. The van der Waals surface area contributed by atoms with E-state index in [9.17, 15) is 4.39 Å². The molecule has 0 unspecified atom stereocenters. The Kier molecular flexibility index (Phi) is 5.80. The molecule has 0 bridgehead atoms. The number of anilines is 1. The fourth-order valence-electron chi connectivity index (χ4n) is 2.08. The van der Waals surface area contributed by atoms with Crippen LogP contribution >= 0.6 is 39.1 Å². The third kappa shape index (κ3) is 4.55. The number of ether oxygens (including phenoxy) is 1. The highest BCUT2D eigenvalue weighted by molar-refractivity contribution is 9.10. The summed E-state index contributed by atoms with van der Waals surface area (Å²) >= 11 is 15.7. The van der Waals surface area contributed by atoms with E-state index in [1.165, 1.54) is 12.1 Å². The van der Waals surface area contributed by atoms with Crippen LogP contribution < -0.4 is 10.5 Å². The quantitative estimate of drug-likeness (QED) is 0.537. The molecule has 0 aliphatic heterocycles. The van der Waals surface area contributed by atoms with Crippen LogP contribution in [0.3, 0.4) is 0 Å². The maximum absolute atomic E-state index is 13.1. The number of benzene rings is 2. The van der Waals surface area contributed by atoms with Crippen molar-refractivity contribution in [3.63, 3.8) is 0 Å². The molecular weight excluding hydrogens is 448 g/mol. The summed E-state index contributed by atoms with van der Waals surface area (Å²) < 4.78 is 24.5. The van der Waals surface area contributed by atoms with Gasteiger partial charge in [0.05, 0.1) is 14.5 Å². The van der Waals surface area contributed by atoms with Crippen LogP contribution in [0.25, 0.3) is 12.2 Å². The zero-order valence-electron chi connectivity index (χ0n) is 13.0. The fourth-order valence-corrected chi connectivity index (χ4v) is 3.29. The molecule has 0 radical (unpaired) electrons. The van der Waals surface area contributed by atoms with Gasteiger partial charge in [-0.05, 0) is 51.8 Å². The van der Waals surface area contributed by atoms with E-state index < -0.39 is 5.82 Å². The van der Waals surface area contributed by atoms with Gasteiger partial charge in [-0.3, -0.25) is 0 Å². The van der Waals surface area contributed by atoms with Gasteiger partial charge in [-0.1, -0.05) is 34.4 Å². The minimum atomic E-state index is -0.405. The van der Waals surface area contributed by atoms with Gasteiger partial charge in [0.15, 0.2) is 5.75 Å². The first-order valence-corrected chi connectivity index (χ1v) is 8.80. The number of aromatic nitrogens is 2. The first-order valence-electron chi connectivity index (χ1n) is 7.25. The van der Waals surface area contributed by atoms with Gasteiger partial charge in [0.2, 0.25) is 5.89 Å². The van der Waals surface area contributed by atoms with Crippen LogP contribution in [0.1, 0.15) is 17.0 Å². The van der Waals surface area contributed by atoms with Crippen LogP contribution in [0.4, 0.5) is 10.4 Å². The Balaban J connectivity index is 1.75. The second-order valence-electron chi connectivity index (χ2n) is 5.15. The topological polar surface area (TPSA) is 74.2 Å². The van der Waals surface area contributed by atoms with Crippen molar-refractivity contribution in [2.75, 3.05) is 5.73 Å². The van der Waals surface area contributed by atoms with E-state index in [2.05, 4.69) is 26.1 Å². The summed E-state index contributed by atoms with van der Waals surface area (Å²) in [4.78, 5) is 0. The van der Waals surface area contributed by atoms with Crippen LogP contribution in [0, 0.1) is 5.82 Å². The SMILES string of the molecule is Nc1nnc(/C=C/c2cc(Cl)c(OCc3ccc(F)cc3Cl)c(Br)c2)o1. The largest absolute Gasteiger partial charge is 0.486 e. The van der Waals surface area contributed by atoms with E-state index >= 15 is 0 Å². The molecule has 1 aromatic heterocycles. The summed E-state index contributed by atoms with van der Waals surface area (Å²) in [5.41, 5.74) is 6.80. The molecule has 5 nitrogen and oxygen atoms in total. The predicted octanol–water partition coefficient (Wildman–Crippen LogP) is 5.61. The minimum absolute atomic E-state index is 0.00735. The summed E-state index contributed by atoms with van der Waals surface area (Å²) in [6.07, 6.45) is 3.35. The summed E-state index contributed by atoms with van der Waals surface area (Å²) in [7, 11) is 0. The van der Waals surface area contributed by atoms with E-state index in [0.29, 0.717) is 20.8 Å². The van der Waals surface area contributed by atoms with Crippen molar-refractivity contribution in [3.05, 3.63) is 67.7 Å². The van der Waals surface area contributed by atoms with Crippen molar-refractivity contribution in [1.82, 2.24) is 10.2 Å². The highest BCUT2D eigenvalue weighted by Gasteiger charge is 2.11. The van der Waals surface area contributed by atoms with E-state index in [1.807, 2.05) is 6.07 Å². The first-order chi connectivity index (χ1) is 12.4. The zero-order chi connectivity index (χ0) is 18.7. The number of rotatable bonds is 5. The third-order valence-corrected chi connectivity index (χ3v) is 4.50. The molecule has 0 fully saturated rings. The van der Waals surface area contributed by atoms with Gasteiger partial charge in [-0.25, -0.2) is 4.39 Å². The number of nitrogen functional groups attached to an aromatic ring is 1. The van der Waals surface area contributed by atoms with Gasteiger partial charge < -0.3 is 14.9 Å². The van der Waals surface area contributed by atoms with Crippen molar-refractivity contribution >= 4 is 57.3 Å². The number of nitrogens with two attached hydrogens (primary N) is 1. The van der Waals surface area contributed by atoms with Gasteiger partial charge in [0.1, 0.15) is 12.4 Å². The predicted molar refractivity (Wildman–Crippen MR) is 103 cm³/mol. The molecule has 9 heteroatoms. The second-order valence-corrected chi connectivity index (χ2v) is 6.82. The van der Waals surface area contributed by atoms with E-state index in [0.717, 1.165) is 5.56 Å². The van der Waals surface area contributed by atoms with E-state index in [1.54, 1.807) is 24.3 Å². The molecule has 3 rings (SSSR count). The van der Waals surface area contributed by atoms with Crippen molar-refractivity contribution in [2.24, 2.45) is 0 Å². The number of hydrogen-bond donors (Lipinski definition) is 1. The van der Waals surface area contributed by atoms with Gasteiger partial charge in [0.25, 0.3) is 0 Å². The Morgan fingerprint density at radius 1 is 1.15 bits per heavy atom. The Morgan fingerprint density at radius 3 is 2.62 bits per heavy atom. The molecule has 134 valence electrons. The summed E-state index contributed by atoms with van der Waals surface area (Å²) in [5.74, 6) is 0.323. The van der Waals surface area contributed by atoms with Gasteiger partial charge in [-0.2, -0.15) is 0 Å². The Bertz CT molecular complexity index is 955. The summed E-state index contributed by atoms with van der Waals surface area (Å²) in [6.45, 7) is 0.147. The van der Waals surface area contributed by atoms with E-state index in [4.69, 9.17) is 38.1 Å². The Morgan fingerprint density at radius 2 is 1.96 bits per heavy atom. The van der Waals surface area contributed by atoms with E-state index in [-0.39, 0.29) is 23.5 Å². The van der Waals surface area contributed by atoms with Crippen LogP contribution in [-0.2, 0) is 6.61 Å². The monoisotopic (exact) mass is 457 g/mol. The number of halogens is 4. The van der Waals surface area contributed by atoms with Gasteiger partial charge >= 0.3 is 6.01 Å². The molecule has 0 saturated carbocycles. The molecule has 0 aliphatic carbocycles. The first kappa shape index (κ1) is 18.7. The molecule has 2 aromatic carbocycles. The normalized spacial score (nSPS) is 11.2. The molecule has 26 heavy (non-hydrogen) atoms. The second kappa shape index (κ2) is 8.07. The zero-order valence-corrected chi connectivity index (χ0v) is 16.1. The maximum Gasteiger partial charge on any atom is 0.313 e. The number of hydrogen-bond acceptors (Lipinski definition) is 5. The van der Waals surface area contributed by atoms with Crippen LogP contribution in [0.15, 0.2) is 39.2 Å². The van der Waals surface area contributed by atoms with Crippen molar-refractivity contribution in [3.8, 4) is 5.75 Å². The Labute approximate surface area is 166 Å².